The van der Waals surface area contributed by atoms with E-state index in [9.17, 15) is 9.18 Å². The van der Waals surface area contributed by atoms with Crippen molar-refractivity contribution in [2.45, 2.75) is 39.3 Å². The molecule has 8 nitrogen and oxygen atoms in total. The van der Waals surface area contributed by atoms with Crippen LogP contribution in [0.4, 0.5) is 14.9 Å². The van der Waals surface area contributed by atoms with Crippen molar-refractivity contribution in [2.24, 2.45) is 0 Å². The van der Waals surface area contributed by atoms with Gasteiger partial charge in [0.15, 0.2) is 0 Å². The number of thiophene rings is 1. The lowest BCUT2D eigenvalue weighted by molar-refractivity contribution is 0.0119. The highest BCUT2D eigenvalue weighted by Crippen LogP contribution is 2.34. The third-order valence-corrected chi connectivity index (χ3v) is 7.21. The zero-order valence-electron chi connectivity index (χ0n) is 23.3. The molecule has 3 heterocycles. The fourth-order valence-corrected chi connectivity index (χ4v) is 5.14. The van der Waals surface area contributed by atoms with Crippen LogP contribution in [0.3, 0.4) is 0 Å². The van der Waals surface area contributed by atoms with E-state index in [1.165, 1.54) is 6.07 Å². The smallest absolute Gasteiger partial charge is 0.410 e. The number of pyridine rings is 2. The quantitative estimate of drug-likeness (QED) is 0.174. The van der Waals surface area contributed by atoms with E-state index in [-0.39, 0.29) is 5.82 Å². The van der Waals surface area contributed by atoms with Gasteiger partial charge in [-0.15, -0.1) is 11.3 Å². The van der Waals surface area contributed by atoms with Crippen LogP contribution in [0.1, 0.15) is 37.5 Å². The molecule has 1 aromatic carbocycles. The van der Waals surface area contributed by atoms with Gasteiger partial charge in [-0.3, -0.25) is 9.97 Å². The molecule has 3 aromatic heterocycles. The normalized spacial score (nSPS) is 11.6. The van der Waals surface area contributed by atoms with Gasteiger partial charge in [0.25, 0.3) is 0 Å². The highest BCUT2D eigenvalue weighted by atomic mass is 32.1. The van der Waals surface area contributed by atoms with Gasteiger partial charge in [0.1, 0.15) is 11.4 Å². The number of carbonyl (C=O) groups excluding carboxylic acids is 1. The first-order valence-corrected chi connectivity index (χ1v) is 13.9. The van der Waals surface area contributed by atoms with Crippen LogP contribution in [0.2, 0.25) is 0 Å². The number of hydrogen-bond donors (Lipinski definition) is 1. The summed E-state index contributed by atoms with van der Waals surface area (Å²) >= 11 is 1.57. The van der Waals surface area contributed by atoms with E-state index in [0.29, 0.717) is 50.6 Å². The Morgan fingerprint density at radius 1 is 1.05 bits per heavy atom. The number of fused-ring (bicyclic) bond motifs is 1. The number of nitrogens with zero attached hydrogens (tertiary/aromatic N) is 3. The molecule has 0 saturated heterocycles. The van der Waals surface area contributed by atoms with Gasteiger partial charge >= 0.3 is 6.09 Å². The Morgan fingerprint density at radius 2 is 1.88 bits per heavy atom. The number of hydrogen-bond acceptors (Lipinski definition) is 8. The van der Waals surface area contributed by atoms with Crippen molar-refractivity contribution >= 4 is 33.3 Å². The summed E-state index contributed by atoms with van der Waals surface area (Å²) < 4.78 is 31.6. The summed E-state index contributed by atoms with van der Waals surface area (Å²) in [4.78, 5) is 24.6. The van der Waals surface area contributed by atoms with Gasteiger partial charge < -0.3 is 24.8 Å². The second-order valence-corrected chi connectivity index (χ2v) is 11.4. The molecule has 0 radical (unpaired) electrons. The van der Waals surface area contributed by atoms with Crippen LogP contribution in [0.15, 0.2) is 54.9 Å². The van der Waals surface area contributed by atoms with Crippen LogP contribution in [-0.2, 0) is 27.2 Å². The first-order valence-electron chi connectivity index (χ1n) is 13.0. The molecule has 0 bridgehead atoms. The molecule has 2 N–H and O–H groups in total. The van der Waals surface area contributed by atoms with Gasteiger partial charge in [0, 0.05) is 38.2 Å². The first kappa shape index (κ1) is 29.4. The maximum atomic E-state index is 14.4. The van der Waals surface area contributed by atoms with Crippen LogP contribution < -0.4 is 5.73 Å². The predicted molar refractivity (Wildman–Crippen MR) is 156 cm³/mol. The maximum absolute atomic E-state index is 14.4. The van der Waals surface area contributed by atoms with Crippen LogP contribution in [-0.4, -0.2) is 60.0 Å². The zero-order chi connectivity index (χ0) is 28.7. The summed E-state index contributed by atoms with van der Waals surface area (Å²) in [6, 6.07) is 12.6. The summed E-state index contributed by atoms with van der Waals surface area (Å²) in [6.45, 7) is 7.54. The van der Waals surface area contributed by atoms with Crippen molar-refractivity contribution in [3.8, 4) is 10.6 Å². The molecule has 0 aliphatic heterocycles. The topological polar surface area (TPSA) is 99.8 Å². The van der Waals surface area contributed by atoms with Gasteiger partial charge in [-0.25, -0.2) is 9.18 Å². The number of rotatable bonds is 11. The lowest BCUT2D eigenvalue weighted by Gasteiger charge is -2.27. The lowest BCUT2D eigenvalue weighted by atomic mass is 10.0. The molecule has 4 aromatic rings. The predicted octanol–water partition coefficient (Wildman–Crippen LogP) is 6.07. The van der Waals surface area contributed by atoms with E-state index in [1.54, 1.807) is 47.9 Å². The van der Waals surface area contributed by atoms with Crippen molar-refractivity contribution in [3.05, 3.63) is 77.4 Å². The maximum Gasteiger partial charge on any atom is 0.410 e. The number of ether oxygens (including phenoxy) is 3. The first-order chi connectivity index (χ1) is 19.1. The number of anilines is 1. The van der Waals surface area contributed by atoms with Crippen molar-refractivity contribution in [2.75, 3.05) is 39.2 Å². The number of benzene rings is 1. The second-order valence-electron chi connectivity index (χ2n) is 10.4. The van der Waals surface area contributed by atoms with Gasteiger partial charge in [0.2, 0.25) is 0 Å². The van der Waals surface area contributed by atoms with E-state index in [1.807, 2.05) is 45.0 Å². The Labute approximate surface area is 237 Å². The molecule has 0 spiro atoms. The zero-order valence-corrected chi connectivity index (χ0v) is 24.1. The Balaban J connectivity index is 1.49. The Hall–Kier alpha value is -3.60. The molecule has 0 aliphatic rings. The lowest BCUT2D eigenvalue weighted by Crippen LogP contribution is -2.38. The number of aromatic nitrogens is 2. The summed E-state index contributed by atoms with van der Waals surface area (Å²) in [5.74, 6) is -0.319. The molecule has 1 amide bonds. The number of carbonyl (C=O) groups is 1. The average Bonchev–Trinajstić information content (AvgIpc) is 3.34. The number of halogens is 1. The molecule has 40 heavy (non-hydrogen) atoms. The van der Waals surface area contributed by atoms with Gasteiger partial charge in [-0.2, -0.15) is 0 Å². The molecule has 0 unspecified atom stereocenters. The summed E-state index contributed by atoms with van der Waals surface area (Å²) in [7, 11) is 1.62. The summed E-state index contributed by atoms with van der Waals surface area (Å²) in [6.07, 6.45) is 3.53. The monoisotopic (exact) mass is 566 g/mol. The van der Waals surface area contributed by atoms with Gasteiger partial charge in [-0.1, -0.05) is 12.1 Å². The molecule has 10 heteroatoms. The summed E-state index contributed by atoms with van der Waals surface area (Å²) in [5, 5.41) is 0. The Morgan fingerprint density at radius 3 is 2.58 bits per heavy atom. The van der Waals surface area contributed by atoms with E-state index in [0.717, 1.165) is 31.9 Å². The molecule has 212 valence electrons. The van der Waals surface area contributed by atoms with Gasteiger partial charge in [0.05, 0.1) is 47.2 Å². The minimum atomic E-state index is -0.609. The largest absolute Gasteiger partial charge is 0.444 e. The molecule has 0 aliphatic carbocycles. The number of methoxy groups -OCH3 is 1. The number of amides is 1. The average molecular weight is 567 g/mol. The van der Waals surface area contributed by atoms with Crippen molar-refractivity contribution in [1.29, 1.82) is 0 Å². The van der Waals surface area contributed by atoms with Crippen molar-refractivity contribution in [3.63, 3.8) is 0 Å². The van der Waals surface area contributed by atoms with E-state index in [4.69, 9.17) is 19.9 Å². The highest BCUT2D eigenvalue weighted by Gasteiger charge is 2.22. The third kappa shape index (κ3) is 7.97. The van der Waals surface area contributed by atoms with Crippen LogP contribution in [0, 0.1) is 5.82 Å². The van der Waals surface area contributed by atoms with Crippen LogP contribution in [0.25, 0.3) is 20.8 Å². The number of nitrogens with two attached hydrogens (primary N) is 1. The molecule has 0 saturated carbocycles. The molecular weight excluding hydrogens is 531 g/mol. The molecule has 4 rings (SSSR count). The number of nitrogen functional groups attached to an aromatic ring is 1. The van der Waals surface area contributed by atoms with Crippen molar-refractivity contribution in [1.82, 2.24) is 14.9 Å². The summed E-state index contributed by atoms with van der Waals surface area (Å²) in [5.41, 5.74) is 9.56. The van der Waals surface area contributed by atoms with Crippen LogP contribution >= 0.6 is 11.3 Å². The SMILES string of the molecule is COCCOCCN(Cc1ccc(-c2cc3nccc(Cc4ccc(N)cc4F)c3s2)nc1)C(=O)OC(C)(C)C. The molecule has 0 atom stereocenters. The Kier molecular flexibility index (Phi) is 9.67. The fraction of sp³-hybridized carbons (Fsp3) is 0.367. The highest BCUT2D eigenvalue weighted by molar-refractivity contribution is 7.22. The Bertz CT molecular complexity index is 1440. The second kappa shape index (κ2) is 13.2. The minimum absolute atomic E-state index is 0.319. The van der Waals surface area contributed by atoms with E-state index < -0.39 is 11.7 Å². The molecule has 0 fully saturated rings. The van der Waals surface area contributed by atoms with E-state index in [2.05, 4.69) is 9.97 Å². The fourth-order valence-electron chi connectivity index (χ4n) is 4.03. The van der Waals surface area contributed by atoms with Gasteiger partial charge in [-0.05, 0) is 67.8 Å². The molecular formula is C30H35FN4O4S. The van der Waals surface area contributed by atoms with E-state index >= 15 is 0 Å². The minimum Gasteiger partial charge on any atom is -0.444 e. The van der Waals surface area contributed by atoms with Crippen molar-refractivity contribution < 1.29 is 23.4 Å². The standard InChI is InChI=1S/C30H35FN4O4S/c1-30(2,3)39-29(36)35(11-12-38-14-13-37-4)19-20-5-8-25(34-18-20)27-17-26-28(40-27)22(9-10-33-26)15-21-6-7-23(32)16-24(21)31/h5-10,16-18H,11-15,19,32H2,1-4H3. The van der Waals surface area contributed by atoms with Crippen LogP contribution in [0.5, 0.6) is 0 Å². The third-order valence-electron chi connectivity index (χ3n) is 5.99.